The summed E-state index contributed by atoms with van der Waals surface area (Å²) in [5.74, 6) is 2.01. The molecular weight excluding hydrogens is 409 g/mol. The Hall–Kier alpha value is -0.250. The van der Waals surface area contributed by atoms with Crippen LogP contribution in [0.4, 0.5) is 0 Å². The maximum absolute atomic E-state index is 7.90. The molecule has 0 aromatic carbocycles. The van der Waals surface area contributed by atoms with Crippen molar-refractivity contribution in [2.75, 3.05) is 60.1 Å². The molecule has 0 bridgehead atoms. The van der Waals surface area contributed by atoms with Crippen LogP contribution in [0.15, 0.2) is 5.11 Å². The summed E-state index contributed by atoms with van der Waals surface area (Å²) in [7, 11) is 5.00. The third kappa shape index (κ3) is 65.6. The van der Waals surface area contributed by atoms with Crippen molar-refractivity contribution in [3.63, 3.8) is 0 Å². The van der Waals surface area contributed by atoms with Gasteiger partial charge >= 0.3 is 29.6 Å². The first kappa shape index (κ1) is 46.8. The standard InChI is InChI=1S/C5H11ClO.C5H11N3O.C5H13NO.2CH4.N3.Na/c1-5(3-6)4-7-2;1-5(4-9-2)3-7-8-6;1-5(3-6)4-7-2;;;1-3-2;/h5H,3-4H2,1-2H3;5H,3-4H2,1-2H3;5H,3-4,6H2,1-2H3;2*1H4;;/q;;;;;-1;+1. The molecule has 3 atom stereocenters. The summed E-state index contributed by atoms with van der Waals surface area (Å²) >= 11 is 5.45. The summed E-state index contributed by atoms with van der Waals surface area (Å²) in [6.45, 7) is 9.51. The second kappa shape index (κ2) is 46.1. The van der Waals surface area contributed by atoms with Crippen molar-refractivity contribution in [3.8, 4) is 0 Å². The summed E-state index contributed by atoms with van der Waals surface area (Å²) in [5, 5.41) is 3.39. The Morgan fingerprint density at radius 3 is 1.41 bits per heavy atom. The summed E-state index contributed by atoms with van der Waals surface area (Å²) in [6.07, 6.45) is 0. The number of methoxy groups -OCH3 is 3. The minimum atomic E-state index is 0. The first-order valence-electron chi connectivity index (χ1n) is 8.06. The zero-order valence-electron chi connectivity index (χ0n) is 17.8. The number of azide groups is 1. The number of ether oxygens (including phenoxy) is 3. The number of rotatable bonds is 10. The normalized spacial score (nSPS) is 10.9. The van der Waals surface area contributed by atoms with Gasteiger partial charge in [-0.25, -0.2) is 0 Å². The van der Waals surface area contributed by atoms with E-state index in [9.17, 15) is 0 Å². The summed E-state index contributed by atoms with van der Waals surface area (Å²) in [5.41, 5.74) is 26.7. The summed E-state index contributed by atoms with van der Waals surface area (Å²) in [4.78, 5) is 4.13. The molecular formula is C17H43ClN7NaO3. The van der Waals surface area contributed by atoms with E-state index in [1.807, 2.05) is 6.92 Å². The Morgan fingerprint density at radius 2 is 1.21 bits per heavy atom. The van der Waals surface area contributed by atoms with Crippen LogP contribution in [-0.2, 0) is 14.2 Å². The van der Waals surface area contributed by atoms with Crippen molar-refractivity contribution in [2.45, 2.75) is 35.6 Å². The molecule has 0 amide bonds. The van der Waals surface area contributed by atoms with Crippen LogP contribution in [0.2, 0.25) is 0 Å². The maximum atomic E-state index is 7.90. The largest absolute Gasteiger partial charge is 1.00 e. The van der Waals surface area contributed by atoms with Gasteiger partial charge in [-0.15, -0.1) is 11.6 Å². The van der Waals surface area contributed by atoms with Crippen LogP contribution in [0.1, 0.15) is 35.6 Å². The van der Waals surface area contributed by atoms with Gasteiger partial charge in [-0.05, 0) is 29.8 Å². The third-order valence-corrected chi connectivity index (χ3v) is 3.00. The van der Waals surface area contributed by atoms with Gasteiger partial charge in [-0.1, -0.05) is 40.7 Å². The number of nitrogens with zero attached hydrogens (tertiary/aromatic N) is 6. The van der Waals surface area contributed by atoms with E-state index in [1.165, 1.54) is 4.91 Å². The second-order valence-corrected chi connectivity index (χ2v) is 5.88. The van der Waals surface area contributed by atoms with E-state index in [2.05, 4.69) is 23.9 Å². The molecule has 10 nitrogen and oxygen atoms in total. The first-order valence-corrected chi connectivity index (χ1v) is 8.60. The van der Waals surface area contributed by atoms with Gasteiger partial charge in [0.1, 0.15) is 0 Å². The van der Waals surface area contributed by atoms with E-state index >= 15 is 0 Å². The van der Waals surface area contributed by atoms with E-state index in [1.54, 1.807) is 21.3 Å². The van der Waals surface area contributed by atoms with E-state index in [-0.39, 0.29) is 44.4 Å². The maximum Gasteiger partial charge on any atom is 1.00 e. The van der Waals surface area contributed by atoms with Crippen LogP contribution in [0.25, 0.3) is 26.4 Å². The predicted molar refractivity (Wildman–Crippen MR) is 120 cm³/mol. The van der Waals surface area contributed by atoms with Crippen LogP contribution >= 0.6 is 11.6 Å². The van der Waals surface area contributed by atoms with Crippen molar-refractivity contribution in [3.05, 3.63) is 26.4 Å². The fourth-order valence-electron chi connectivity index (χ4n) is 1.19. The van der Waals surface area contributed by atoms with Crippen molar-refractivity contribution in [1.82, 2.24) is 0 Å². The topological polar surface area (TPSA) is 161 Å². The molecule has 3 unspecified atom stereocenters. The predicted octanol–water partition coefficient (Wildman–Crippen LogP) is 2.46. The van der Waals surface area contributed by atoms with Gasteiger partial charge < -0.3 is 31.0 Å². The number of hydrogen-bond donors (Lipinski definition) is 1. The van der Waals surface area contributed by atoms with Crippen LogP contribution in [0.5, 0.6) is 0 Å². The van der Waals surface area contributed by atoms with Gasteiger partial charge in [0.25, 0.3) is 0 Å². The Bertz CT molecular complexity index is 335. The molecule has 2 N–H and O–H groups in total. The van der Waals surface area contributed by atoms with Crippen molar-refractivity contribution < 1.29 is 43.8 Å². The molecule has 0 aliphatic heterocycles. The molecule has 0 saturated heterocycles. The number of hydrogen-bond acceptors (Lipinski definition) is 5. The average molecular weight is 452 g/mol. The Labute approximate surface area is 205 Å². The zero-order chi connectivity index (χ0) is 21.2. The average Bonchev–Trinajstić information content (AvgIpc) is 2.62. The SMILES string of the molecule is C.C.COCC(C)CCl.COCC(C)CN.COCC(C)CN=[N+]=[N-].[N-]=[N+]=[N-].[Na+]. The van der Waals surface area contributed by atoms with Gasteiger partial charge in [0.2, 0.25) is 0 Å². The van der Waals surface area contributed by atoms with Crippen molar-refractivity contribution in [2.24, 2.45) is 28.6 Å². The number of halogens is 1. The molecule has 0 aliphatic carbocycles. The number of nitrogens with two attached hydrogens (primary N) is 1. The molecule has 0 saturated carbocycles. The third-order valence-electron chi connectivity index (χ3n) is 2.48. The van der Waals surface area contributed by atoms with Gasteiger partial charge in [0.05, 0.1) is 0 Å². The van der Waals surface area contributed by atoms with Gasteiger partial charge in [-0.3, -0.25) is 4.91 Å². The Kier molecular flexibility index (Phi) is 74.4. The molecule has 0 heterocycles. The quantitative estimate of drug-likeness (QED) is 0.177. The summed E-state index contributed by atoms with van der Waals surface area (Å²) < 4.78 is 14.4. The molecule has 0 aromatic rings. The molecule has 29 heavy (non-hydrogen) atoms. The molecule has 0 fully saturated rings. The van der Waals surface area contributed by atoms with Crippen LogP contribution in [0.3, 0.4) is 0 Å². The fraction of sp³-hybridized carbons (Fsp3) is 1.00. The van der Waals surface area contributed by atoms with Crippen LogP contribution in [0, 0.1) is 17.8 Å². The van der Waals surface area contributed by atoms with E-state index < -0.39 is 0 Å². The Balaban J connectivity index is -0.0000000450. The molecule has 0 spiro atoms. The molecule has 0 rings (SSSR count). The molecule has 12 heteroatoms. The van der Waals surface area contributed by atoms with Gasteiger partial charge in [-0.2, -0.15) is 0 Å². The molecule has 172 valence electrons. The smallest absolute Gasteiger partial charge is 0.384 e. The van der Waals surface area contributed by atoms with Crippen molar-refractivity contribution in [1.29, 1.82) is 0 Å². The minimum absolute atomic E-state index is 0. The molecule has 0 aromatic heterocycles. The first-order chi connectivity index (χ1) is 12.3. The zero-order valence-corrected chi connectivity index (χ0v) is 20.6. The fourth-order valence-corrected chi connectivity index (χ4v) is 1.28. The Morgan fingerprint density at radius 1 is 0.862 bits per heavy atom. The van der Waals surface area contributed by atoms with Crippen LogP contribution in [-0.4, -0.2) is 60.1 Å². The van der Waals surface area contributed by atoms with E-state index in [4.69, 9.17) is 48.1 Å². The second-order valence-electron chi connectivity index (χ2n) is 5.57. The molecule has 0 radical (unpaired) electrons. The van der Waals surface area contributed by atoms with Gasteiger partial charge in [0, 0.05) is 58.5 Å². The van der Waals surface area contributed by atoms with Crippen LogP contribution < -0.4 is 35.3 Å². The monoisotopic (exact) mass is 451 g/mol. The summed E-state index contributed by atoms with van der Waals surface area (Å²) in [6, 6.07) is 0. The number of alkyl halides is 1. The van der Waals surface area contributed by atoms with E-state index in [0.717, 1.165) is 13.2 Å². The minimum Gasteiger partial charge on any atom is -0.384 e. The molecule has 0 aliphatic rings. The van der Waals surface area contributed by atoms with E-state index in [0.29, 0.717) is 43.3 Å². The van der Waals surface area contributed by atoms with Crippen molar-refractivity contribution >= 4 is 11.6 Å². The van der Waals surface area contributed by atoms with Gasteiger partial charge in [0.15, 0.2) is 0 Å².